The topological polar surface area (TPSA) is 15.3 Å². The Hall–Kier alpha value is 0.354. The summed E-state index contributed by atoms with van der Waals surface area (Å²) < 4.78 is 2.63. The van der Waals surface area contributed by atoms with Crippen LogP contribution in [0.5, 0.6) is 0 Å². The third-order valence-corrected chi connectivity index (χ3v) is 9.28. The van der Waals surface area contributed by atoms with E-state index in [2.05, 4.69) is 30.2 Å². The van der Waals surface area contributed by atoms with Crippen LogP contribution in [0.3, 0.4) is 0 Å². The Bertz CT molecular complexity index is 108. The minimum Gasteiger partial charge on any atom is -0.294 e. The van der Waals surface area contributed by atoms with Gasteiger partial charge in [0.1, 0.15) is 18.6 Å². The highest BCUT2D eigenvalue weighted by molar-refractivity contribution is 6.68. The summed E-state index contributed by atoms with van der Waals surface area (Å²) in [6.07, 6.45) is 0. The van der Waals surface area contributed by atoms with Crippen molar-refractivity contribution in [2.75, 3.05) is 0 Å². The average Bonchev–Trinajstić information content (AvgIpc) is 2.15. The van der Waals surface area contributed by atoms with Gasteiger partial charge in [-0.15, -0.1) is 0 Å². The first-order valence-corrected chi connectivity index (χ1v) is 8.35. The molecule has 1 aliphatic heterocycles. The van der Waals surface area contributed by atoms with Gasteiger partial charge in [0.2, 0.25) is 0 Å². The van der Waals surface area contributed by atoms with Crippen LogP contribution in [0.2, 0.25) is 18.6 Å². The molecule has 0 bridgehead atoms. The van der Waals surface area contributed by atoms with Crippen LogP contribution in [-0.4, -0.2) is 29.0 Å². The van der Waals surface area contributed by atoms with Gasteiger partial charge in [-0.1, -0.05) is 12.6 Å². The lowest BCUT2D eigenvalue weighted by Gasteiger charge is -2.24. The molecule has 0 aliphatic carbocycles. The van der Waals surface area contributed by atoms with Gasteiger partial charge in [0.25, 0.3) is 0 Å². The van der Waals surface area contributed by atoms with E-state index >= 15 is 0 Å². The third-order valence-electron chi connectivity index (χ3n) is 1.98. The average molecular weight is 174 g/mol. The molecule has 1 heterocycles. The van der Waals surface area contributed by atoms with E-state index in [0.717, 1.165) is 0 Å². The molecule has 1 N–H and O–H groups in total. The monoisotopic (exact) mass is 174 g/mol. The zero-order valence-corrected chi connectivity index (χ0v) is 9.79. The predicted molar refractivity (Wildman–Crippen MR) is 51.3 cm³/mol. The van der Waals surface area contributed by atoms with Crippen LogP contribution < -0.4 is 5.43 Å². The Morgan fingerprint density at radius 1 is 1.60 bits per heavy atom. The minimum atomic E-state index is -0.437. The summed E-state index contributed by atoms with van der Waals surface area (Å²) in [6, 6.07) is 3.75. The lowest BCUT2D eigenvalue weighted by molar-refractivity contribution is 0.426. The summed E-state index contributed by atoms with van der Waals surface area (Å²) in [5.74, 6) is 0. The molecule has 0 aromatic heterocycles. The SMILES string of the molecule is CC(C)NN1[SiH2]CC[SiH]1C. The quantitative estimate of drug-likeness (QED) is 0.596. The summed E-state index contributed by atoms with van der Waals surface area (Å²) in [5, 5.41) is 0. The molecule has 0 radical (unpaired) electrons. The van der Waals surface area contributed by atoms with E-state index in [9.17, 15) is 0 Å². The number of hydrogen-bond acceptors (Lipinski definition) is 2. The maximum Gasteiger partial charge on any atom is 0.116 e. The molecule has 1 fully saturated rings. The van der Waals surface area contributed by atoms with Crippen LogP contribution in [0.15, 0.2) is 0 Å². The van der Waals surface area contributed by atoms with E-state index in [0.29, 0.717) is 6.04 Å². The molecule has 1 rings (SSSR count). The van der Waals surface area contributed by atoms with Gasteiger partial charge in [-0.25, -0.2) is 0 Å². The van der Waals surface area contributed by atoms with Gasteiger partial charge in [-0.2, -0.15) is 0 Å². The molecular weight excluding hydrogens is 156 g/mol. The van der Waals surface area contributed by atoms with Crippen molar-refractivity contribution in [3.8, 4) is 0 Å². The molecule has 10 heavy (non-hydrogen) atoms. The Balaban J connectivity index is 2.26. The van der Waals surface area contributed by atoms with E-state index < -0.39 is 8.96 Å². The van der Waals surface area contributed by atoms with E-state index in [4.69, 9.17) is 0 Å². The fourth-order valence-electron chi connectivity index (χ4n) is 1.46. The van der Waals surface area contributed by atoms with Crippen molar-refractivity contribution in [1.29, 1.82) is 0 Å². The lowest BCUT2D eigenvalue weighted by Crippen LogP contribution is -2.47. The van der Waals surface area contributed by atoms with Gasteiger partial charge in [0.15, 0.2) is 0 Å². The van der Waals surface area contributed by atoms with Crippen molar-refractivity contribution in [2.45, 2.75) is 38.5 Å². The largest absolute Gasteiger partial charge is 0.294 e. The van der Waals surface area contributed by atoms with Crippen LogP contribution >= 0.6 is 0 Å². The second kappa shape index (κ2) is 3.66. The fraction of sp³-hybridized carbons (Fsp3) is 1.00. The van der Waals surface area contributed by atoms with Crippen molar-refractivity contribution in [3.63, 3.8) is 0 Å². The summed E-state index contributed by atoms with van der Waals surface area (Å²) in [6.45, 7) is 6.91. The highest BCUT2D eigenvalue weighted by Gasteiger charge is 2.21. The molecule has 1 unspecified atom stereocenters. The fourth-order valence-corrected chi connectivity index (χ4v) is 9.11. The molecular formula is C6H18N2Si2. The third kappa shape index (κ3) is 2.19. The summed E-state index contributed by atoms with van der Waals surface area (Å²) >= 11 is 0. The molecule has 1 aliphatic rings. The summed E-state index contributed by atoms with van der Waals surface area (Å²) in [5.41, 5.74) is 3.55. The van der Waals surface area contributed by atoms with Gasteiger partial charge in [0, 0.05) is 6.04 Å². The van der Waals surface area contributed by atoms with Crippen molar-refractivity contribution >= 4 is 18.6 Å². The second-order valence-corrected chi connectivity index (χ2v) is 8.93. The molecule has 2 nitrogen and oxygen atoms in total. The maximum atomic E-state index is 3.55. The van der Waals surface area contributed by atoms with E-state index in [1.54, 1.807) is 12.1 Å². The van der Waals surface area contributed by atoms with Crippen LogP contribution in [0.1, 0.15) is 13.8 Å². The Labute approximate surface area is 67.5 Å². The zero-order chi connectivity index (χ0) is 7.56. The lowest BCUT2D eigenvalue weighted by atomic mass is 10.4. The van der Waals surface area contributed by atoms with Gasteiger partial charge < -0.3 is 0 Å². The van der Waals surface area contributed by atoms with Crippen LogP contribution in [0.25, 0.3) is 0 Å². The number of nitrogens with zero attached hydrogens (tertiary/aromatic N) is 1. The highest BCUT2D eigenvalue weighted by Crippen LogP contribution is 2.10. The van der Waals surface area contributed by atoms with Crippen molar-refractivity contribution in [2.24, 2.45) is 0 Å². The van der Waals surface area contributed by atoms with Gasteiger partial charge in [-0.05, 0) is 19.9 Å². The standard InChI is InChI=1S/C6H18N2Si2/c1-6(2)7-8-9-4-5-10(8)3/h6-7,10H,4-5,9H2,1-3H3. The predicted octanol–water partition coefficient (Wildman–Crippen LogP) is 0.0707. The first kappa shape index (κ1) is 8.45. The van der Waals surface area contributed by atoms with Gasteiger partial charge >= 0.3 is 0 Å². The Kier molecular flexibility index (Phi) is 3.09. The smallest absolute Gasteiger partial charge is 0.116 e. The van der Waals surface area contributed by atoms with Crippen LogP contribution in [0, 0.1) is 0 Å². The van der Waals surface area contributed by atoms with E-state index in [1.165, 1.54) is 0 Å². The summed E-state index contributed by atoms with van der Waals surface area (Å²) in [4.78, 5) is 0. The second-order valence-electron chi connectivity index (χ2n) is 3.47. The van der Waals surface area contributed by atoms with Crippen LogP contribution in [-0.2, 0) is 0 Å². The summed E-state index contributed by atoms with van der Waals surface area (Å²) in [7, 11) is -0.286. The Morgan fingerprint density at radius 2 is 2.30 bits per heavy atom. The van der Waals surface area contributed by atoms with Gasteiger partial charge in [0.05, 0.1) is 0 Å². The molecule has 0 saturated carbocycles. The molecule has 4 heteroatoms. The zero-order valence-electron chi connectivity index (χ0n) is 7.22. The van der Waals surface area contributed by atoms with Crippen LogP contribution in [0.4, 0.5) is 0 Å². The molecule has 1 saturated heterocycles. The van der Waals surface area contributed by atoms with E-state index in [1.807, 2.05) is 0 Å². The number of hydrazine groups is 1. The molecule has 1 atom stereocenters. The number of rotatable bonds is 2. The number of nitrogens with one attached hydrogen (secondary N) is 1. The van der Waals surface area contributed by atoms with Crippen molar-refractivity contribution in [3.05, 3.63) is 0 Å². The first-order valence-electron chi connectivity index (χ1n) is 4.23. The van der Waals surface area contributed by atoms with Gasteiger partial charge in [-0.3, -0.25) is 9.77 Å². The molecule has 0 amide bonds. The van der Waals surface area contributed by atoms with E-state index in [-0.39, 0.29) is 9.68 Å². The highest BCUT2D eigenvalue weighted by atomic mass is 28.3. The molecule has 0 aromatic rings. The Morgan fingerprint density at radius 3 is 2.70 bits per heavy atom. The molecule has 0 spiro atoms. The van der Waals surface area contributed by atoms with Crippen molar-refractivity contribution < 1.29 is 0 Å². The number of hydrogen-bond donors (Lipinski definition) is 1. The first-order chi connectivity index (χ1) is 4.70. The molecule has 60 valence electrons. The van der Waals surface area contributed by atoms with Crippen molar-refractivity contribution in [1.82, 2.24) is 9.77 Å². The maximum absolute atomic E-state index is 3.55. The normalized spacial score (nSPS) is 30.6. The minimum absolute atomic E-state index is 0.151. The molecule has 0 aromatic carbocycles.